The van der Waals surface area contributed by atoms with E-state index in [0.29, 0.717) is 15.9 Å². The van der Waals surface area contributed by atoms with Gasteiger partial charge in [0.25, 0.3) is 0 Å². The van der Waals surface area contributed by atoms with Gasteiger partial charge >= 0.3 is 0 Å². The number of nitrogens with one attached hydrogen (secondary N) is 1. The van der Waals surface area contributed by atoms with Crippen LogP contribution in [0, 0.1) is 0 Å². The number of aromatic nitrogens is 1. The van der Waals surface area contributed by atoms with Crippen molar-refractivity contribution in [2.75, 3.05) is 30.4 Å². The highest BCUT2D eigenvalue weighted by Crippen LogP contribution is 2.30. The minimum absolute atomic E-state index is 0.556. The fraction of sp³-hybridized carbons (Fsp3) is 0.545. The molecule has 16 heavy (non-hydrogen) atoms. The molecular formula is C11H17Cl2N3. The SMILES string of the molecule is CCCN(C)c1nc(NCC)c(Cl)cc1Cl. The summed E-state index contributed by atoms with van der Waals surface area (Å²) in [6, 6.07) is 1.73. The summed E-state index contributed by atoms with van der Waals surface area (Å²) in [5, 5.41) is 4.25. The van der Waals surface area contributed by atoms with Crippen LogP contribution >= 0.6 is 23.2 Å². The zero-order valence-corrected chi connectivity index (χ0v) is 11.4. The Morgan fingerprint density at radius 3 is 2.56 bits per heavy atom. The van der Waals surface area contributed by atoms with Gasteiger partial charge in [0.1, 0.15) is 11.6 Å². The Morgan fingerprint density at radius 2 is 2.00 bits per heavy atom. The molecule has 0 saturated carbocycles. The maximum Gasteiger partial charge on any atom is 0.149 e. The van der Waals surface area contributed by atoms with Gasteiger partial charge in [0.2, 0.25) is 0 Å². The van der Waals surface area contributed by atoms with E-state index in [4.69, 9.17) is 23.2 Å². The molecule has 0 aliphatic rings. The Morgan fingerprint density at radius 1 is 1.31 bits per heavy atom. The lowest BCUT2D eigenvalue weighted by atomic mass is 10.3. The van der Waals surface area contributed by atoms with Gasteiger partial charge in [-0.3, -0.25) is 0 Å². The Bertz CT molecular complexity index is 355. The molecule has 0 aromatic carbocycles. The predicted octanol–water partition coefficient (Wildman–Crippen LogP) is 3.67. The Kier molecular flexibility index (Phi) is 5.16. The summed E-state index contributed by atoms with van der Waals surface area (Å²) in [6.45, 7) is 5.82. The maximum absolute atomic E-state index is 6.12. The van der Waals surface area contributed by atoms with Gasteiger partial charge in [0.05, 0.1) is 10.0 Å². The summed E-state index contributed by atoms with van der Waals surface area (Å²) < 4.78 is 0. The van der Waals surface area contributed by atoms with Gasteiger partial charge in [0.15, 0.2) is 0 Å². The highest BCUT2D eigenvalue weighted by molar-refractivity contribution is 6.37. The Hall–Kier alpha value is -0.670. The molecule has 0 atom stereocenters. The van der Waals surface area contributed by atoms with E-state index in [2.05, 4.69) is 17.2 Å². The summed E-state index contributed by atoms with van der Waals surface area (Å²) >= 11 is 12.1. The van der Waals surface area contributed by atoms with Crippen LogP contribution in [-0.4, -0.2) is 25.1 Å². The van der Waals surface area contributed by atoms with E-state index >= 15 is 0 Å². The van der Waals surface area contributed by atoms with Gasteiger partial charge in [-0.1, -0.05) is 30.1 Å². The second-order valence-electron chi connectivity index (χ2n) is 3.58. The van der Waals surface area contributed by atoms with Crippen molar-refractivity contribution in [3.05, 3.63) is 16.1 Å². The number of nitrogens with zero attached hydrogens (tertiary/aromatic N) is 2. The van der Waals surface area contributed by atoms with Gasteiger partial charge in [-0.05, 0) is 19.4 Å². The average molecular weight is 262 g/mol. The third-order valence-corrected chi connectivity index (χ3v) is 2.74. The molecule has 3 nitrogen and oxygen atoms in total. The quantitative estimate of drug-likeness (QED) is 0.877. The second kappa shape index (κ2) is 6.16. The molecule has 1 aromatic heterocycles. The first-order valence-corrected chi connectivity index (χ1v) is 6.16. The lowest BCUT2D eigenvalue weighted by molar-refractivity contribution is 0.838. The van der Waals surface area contributed by atoms with Crippen LogP contribution < -0.4 is 10.2 Å². The number of rotatable bonds is 5. The van der Waals surface area contributed by atoms with Crippen LogP contribution in [0.4, 0.5) is 11.6 Å². The number of pyridine rings is 1. The van der Waals surface area contributed by atoms with Crippen molar-refractivity contribution in [1.82, 2.24) is 4.98 Å². The summed E-state index contributed by atoms with van der Waals surface area (Å²) in [7, 11) is 1.97. The molecule has 1 heterocycles. The van der Waals surface area contributed by atoms with Crippen molar-refractivity contribution in [1.29, 1.82) is 0 Å². The molecule has 0 bridgehead atoms. The topological polar surface area (TPSA) is 28.2 Å². The van der Waals surface area contributed by atoms with Gasteiger partial charge < -0.3 is 10.2 Å². The molecule has 90 valence electrons. The largest absolute Gasteiger partial charge is 0.369 e. The highest BCUT2D eigenvalue weighted by atomic mass is 35.5. The first kappa shape index (κ1) is 13.4. The van der Waals surface area contributed by atoms with Crippen LogP contribution in [0.25, 0.3) is 0 Å². The van der Waals surface area contributed by atoms with Crippen LogP contribution in [0.1, 0.15) is 20.3 Å². The van der Waals surface area contributed by atoms with Gasteiger partial charge in [-0.2, -0.15) is 0 Å². The van der Waals surface area contributed by atoms with E-state index in [1.165, 1.54) is 0 Å². The fourth-order valence-corrected chi connectivity index (χ4v) is 2.03. The van der Waals surface area contributed by atoms with Gasteiger partial charge in [-0.15, -0.1) is 0 Å². The molecule has 0 aliphatic heterocycles. The van der Waals surface area contributed by atoms with Crippen molar-refractivity contribution < 1.29 is 0 Å². The summed E-state index contributed by atoms with van der Waals surface area (Å²) in [5.41, 5.74) is 0. The van der Waals surface area contributed by atoms with Crippen molar-refractivity contribution >= 4 is 34.8 Å². The first-order valence-electron chi connectivity index (χ1n) is 5.41. The van der Waals surface area contributed by atoms with Gasteiger partial charge in [-0.25, -0.2) is 4.98 Å². The Balaban J connectivity index is 3.03. The summed E-state index contributed by atoms with van der Waals surface area (Å²) in [5.74, 6) is 1.45. The smallest absolute Gasteiger partial charge is 0.149 e. The zero-order chi connectivity index (χ0) is 12.1. The molecule has 0 saturated heterocycles. The third kappa shape index (κ3) is 3.16. The molecule has 1 N–H and O–H groups in total. The van der Waals surface area contributed by atoms with E-state index < -0.39 is 0 Å². The molecule has 0 radical (unpaired) electrons. The zero-order valence-electron chi connectivity index (χ0n) is 9.85. The van der Waals surface area contributed by atoms with Crippen LogP contribution in [-0.2, 0) is 0 Å². The molecule has 0 aliphatic carbocycles. The van der Waals surface area contributed by atoms with Crippen LogP contribution in [0.15, 0.2) is 6.07 Å². The van der Waals surface area contributed by atoms with E-state index in [0.717, 1.165) is 25.3 Å². The number of hydrogen-bond donors (Lipinski definition) is 1. The van der Waals surface area contributed by atoms with Crippen LogP contribution in [0.3, 0.4) is 0 Å². The standard InChI is InChI=1S/C11H17Cl2N3/c1-4-6-16(3)11-9(13)7-8(12)10(15-11)14-5-2/h7H,4-6H2,1-3H3,(H,14,15). The van der Waals surface area contributed by atoms with Gasteiger partial charge in [0, 0.05) is 20.1 Å². The number of hydrogen-bond acceptors (Lipinski definition) is 3. The lowest BCUT2D eigenvalue weighted by Gasteiger charge is -2.20. The highest BCUT2D eigenvalue weighted by Gasteiger charge is 2.11. The minimum atomic E-state index is 0.556. The van der Waals surface area contributed by atoms with E-state index in [9.17, 15) is 0 Å². The normalized spacial score (nSPS) is 10.3. The maximum atomic E-state index is 6.12. The Labute approximate surface area is 107 Å². The summed E-state index contributed by atoms with van der Waals surface area (Å²) in [6.07, 6.45) is 1.05. The van der Waals surface area contributed by atoms with E-state index in [-0.39, 0.29) is 0 Å². The molecule has 0 unspecified atom stereocenters. The fourth-order valence-electron chi connectivity index (χ4n) is 1.46. The van der Waals surface area contributed by atoms with Crippen molar-refractivity contribution in [3.8, 4) is 0 Å². The molecule has 1 aromatic rings. The number of anilines is 2. The van der Waals surface area contributed by atoms with Crippen LogP contribution in [0.2, 0.25) is 10.0 Å². The van der Waals surface area contributed by atoms with Crippen molar-refractivity contribution in [2.24, 2.45) is 0 Å². The molecule has 0 amide bonds. The molecular weight excluding hydrogens is 245 g/mol. The third-order valence-electron chi connectivity index (χ3n) is 2.18. The number of halogens is 2. The average Bonchev–Trinajstić information content (AvgIpc) is 2.22. The molecule has 0 spiro atoms. The molecule has 0 fully saturated rings. The first-order chi connectivity index (χ1) is 7.60. The van der Waals surface area contributed by atoms with Crippen molar-refractivity contribution in [3.63, 3.8) is 0 Å². The molecule has 5 heteroatoms. The van der Waals surface area contributed by atoms with Crippen LogP contribution in [0.5, 0.6) is 0 Å². The molecule has 1 rings (SSSR count). The van der Waals surface area contributed by atoms with E-state index in [1.54, 1.807) is 6.07 Å². The monoisotopic (exact) mass is 261 g/mol. The van der Waals surface area contributed by atoms with Crippen molar-refractivity contribution in [2.45, 2.75) is 20.3 Å². The second-order valence-corrected chi connectivity index (χ2v) is 4.39. The van der Waals surface area contributed by atoms with E-state index in [1.807, 2.05) is 18.9 Å². The lowest BCUT2D eigenvalue weighted by Crippen LogP contribution is -2.20. The predicted molar refractivity (Wildman–Crippen MR) is 72.0 cm³/mol. The minimum Gasteiger partial charge on any atom is -0.369 e. The summed E-state index contributed by atoms with van der Waals surface area (Å²) in [4.78, 5) is 6.46.